The Labute approximate surface area is 86.6 Å². The Balaban J connectivity index is 1.98. The number of rotatable bonds is 1. The molecule has 1 N–H and O–H groups in total. The summed E-state index contributed by atoms with van der Waals surface area (Å²) in [4.78, 5) is 12.9. The number of esters is 1. The fraction of sp³-hybridized carbons (Fsp3) is 0.889. The Morgan fingerprint density at radius 1 is 1.60 bits per heavy atom. The van der Waals surface area contributed by atoms with Crippen molar-refractivity contribution in [2.75, 3.05) is 26.7 Å². The normalized spacial score (nSPS) is 34.9. The molecule has 0 spiro atoms. The van der Waals surface area contributed by atoms with Gasteiger partial charge in [-0.05, 0) is 0 Å². The number of nitrogens with zero attached hydrogens (tertiary/aromatic N) is 1. The maximum absolute atomic E-state index is 13.1. The molecule has 4 nitrogen and oxygen atoms in total. The molecule has 0 radical (unpaired) electrons. The third-order valence-electron chi connectivity index (χ3n) is 2.99. The first kappa shape index (κ1) is 10.8. The second-order valence-electron chi connectivity index (χ2n) is 4.13. The summed E-state index contributed by atoms with van der Waals surface area (Å²) in [6.45, 7) is 0.495. The number of halogens is 2. The maximum Gasteiger partial charge on any atom is 0.324 e. The summed E-state index contributed by atoms with van der Waals surface area (Å²) in [7, 11) is 1.30. The smallest absolute Gasteiger partial charge is 0.324 e. The van der Waals surface area contributed by atoms with Crippen molar-refractivity contribution in [1.29, 1.82) is 0 Å². The van der Waals surface area contributed by atoms with E-state index in [1.54, 1.807) is 4.90 Å². The van der Waals surface area contributed by atoms with Crippen LogP contribution in [0.3, 0.4) is 0 Å². The van der Waals surface area contributed by atoms with Gasteiger partial charge >= 0.3 is 5.97 Å². The first-order chi connectivity index (χ1) is 7.02. The van der Waals surface area contributed by atoms with Gasteiger partial charge in [-0.15, -0.1) is 0 Å². The van der Waals surface area contributed by atoms with Crippen LogP contribution in [0.2, 0.25) is 0 Å². The Morgan fingerprint density at radius 3 is 3.00 bits per heavy atom. The standard InChI is InChI=1S/C9H14F2N2O2/c1-15-8(14)7-4-13-5-9(10,11)2-6(13)3-12-7/h6-7,12H,2-5H2,1H3. The molecule has 86 valence electrons. The molecular formula is C9H14F2N2O2. The lowest BCUT2D eigenvalue weighted by Gasteiger charge is -2.33. The highest BCUT2D eigenvalue weighted by molar-refractivity contribution is 5.76. The Kier molecular flexibility index (Phi) is 2.64. The van der Waals surface area contributed by atoms with E-state index in [9.17, 15) is 13.6 Å². The molecule has 0 aliphatic carbocycles. The molecule has 6 heteroatoms. The van der Waals surface area contributed by atoms with Crippen LogP contribution in [0.1, 0.15) is 6.42 Å². The van der Waals surface area contributed by atoms with Gasteiger partial charge < -0.3 is 10.1 Å². The first-order valence-corrected chi connectivity index (χ1v) is 4.95. The van der Waals surface area contributed by atoms with Gasteiger partial charge in [0.25, 0.3) is 5.92 Å². The second kappa shape index (κ2) is 3.68. The Morgan fingerprint density at radius 2 is 2.33 bits per heavy atom. The molecule has 2 fully saturated rings. The average Bonchev–Trinajstić information content (AvgIpc) is 2.49. The van der Waals surface area contributed by atoms with Crippen LogP contribution in [0, 0.1) is 0 Å². The van der Waals surface area contributed by atoms with Gasteiger partial charge in [-0.25, -0.2) is 8.78 Å². The van der Waals surface area contributed by atoms with Gasteiger partial charge in [0.15, 0.2) is 0 Å². The zero-order valence-electron chi connectivity index (χ0n) is 8.50. The molecule has 15 heavy (non-hydrogen) atoms. The lowest BCUT2D eigenvalue weighted by Crippen LogP contribution is -2.57. The summed E-state index contributed by atoms with van der Waals surface area (Å²) in [5.41, 5.74) is 0. The van der Waals surface area contributed by atoms with Crippen LogP contribution in [0.5, 0.6) is 0 Å². The van der Waals surface area contributed by atoms with Crippen LogP contribution in [0.4, 0.5) is 8.78 Å². The summed E-state index contributed by atoms with van der Waals surface area (Å²) in [6.07, 6.45) is -0.117. The third kappa shape index (κ3) is 2.10. The minimum atomic E-state index is -2.61. The van der Waals surface area contributed by atoms with E-state index in [1.165, 1.54) is 7.11 Å². The number of methoxy groups -OCH3 is 1. The number of carbonyl (C=O) groups is 1. The molecule has 2 saturated heterocycles. The lowest BCUT2D eigenvalue weighted by atomic mass is 10.1. The minimum Gasteiger partial charge on any atom is -0.468 e. The van der Waals surface area contributed by atoms with Crippen molar-refractivity contribution in [2.24, 2.45) is 0 Å². The molecule has 0 aromatic heterocycles. The number of hydrogen-bond acceptors (Lipinski definition) is 4. The van der Waals surface area contributed by atoms with E-state index < -0.39 is 12.0 Å². The van der Waals surface area contributed by atoms with Gasteiger partial charge in [0, 0.05) is 25.6 Å². The lowest BCUT2D eigenvalue weighted by molar-refractivity contribution is -0.144. The van der Waals surface area contributed by atoms with E-state index in [0.29, 0.717) is 13.1 Å². The van der Waals surface area contributed by atoms with Gasteiger partial charge in [0.05, 0.1) is 13.7 Å². The van der Waals surface area contributed by atoms with Crippen molar-refractivity contribution < 1.29 is 18.3 Å². The summed E-state index contributed by atoms with van der Waals surface area (Å²) in [5.74, 6) is -3.00. The van der Waals surface area contributed by atoms with E-state index in [0.717, 1.165) is 0 Å². The quantitative estimate of drug-likeness (QED) is 0.623. The molecule has 2 aliphatic rings. The topological polar surface area (TPSA) is 41.6 Å². The fourth-order valence-corrected chi connectivity index (χ4v) is 2.26. The van der Waals surface area contributed by atoms with Crippen molar-refractivity contribution in [2.45, 2.75) is 24.4 Å². The minimum absolute atomic E-state index is 0.117. The van der Waals surface area contributed by atoms with Gasteiger partial charge in [-0.3, -0.25) is 9.69 Å². The molecule has 2 unspecified atom stereocenters. The molecule has 0 aromatic rings. The Bertz CT molecular complexity index is 273. The van der Waals surface area contributed by atoms with Crippen molar-refractivity contribution in [3.8, 4) is 0 Å². The number of nitrogens with one attached hydrogen (secondary N) is 1. The van der Waals surface area contributed by atoms with E-state index in [2.05, 4.69) is 10.1 Å². The van der Waals surface area contributed by atoms with E-state index in [1.807, 2.05) is 0 Å². The zero-order chi connectivity index (χ0) is 11.1. The number of piperazine rings is 1. The fourth-order valence-electron chi connectivity index (χ4n) is 2.26. The predicted molar refractivity (Wildman–Crippen MR) is 48.7 cm³/mol. The molecule has 2 atom stereocenters. The van der Waals surface area contributed by atoms with E-state index in [4.69, 9.17) is 0 Å². The monoisotopic (exact) mass is 220 g/mol. The van der Waals surface area contributed by atoms with Gasteiger partial charge in [0.2, 0.25) is 0 Å². The molecule has 2 heterocycles. The summed E-state index contributed by atoms with van der Waals surface area (Å²) in [6, 6.07) is -0.624. The highest BCUT2D eigenvalue weighted by Crippen LogP contribution is 2.33. The molecule has 0 aromatic carbocycles. The molecule has 0 amide bonds. The number of carbonyl (C=O) groups excluding carboxylic acids is 1. The van der Waals surface area contributed by atoms with E-state index >= 15 is 0 Å². The number of fused-ring (bicyclic) bond motifs is 1. The van der Waals surface area contributed by atoms with Gasteiger partial charge in [-0.1, -0.05) is 0 Å². The van der Waals surface area contributed by atoms with Crippen LogP contribution in [0.25, 0.3) is 0 Å². The zero-order valence-corrected chi connectivity index (χ0v) is 8.50. The third-order valence-corrected chi connectivity index (χ3v) is 2.99. The van der Waals surface area contributed by atoms with Crippen LogP contribution in [-0.4, -0.2) is 55.6 Å². The first-order valence-electron chi connectivity index (χ1n) is 4.95. The summed E-state index contributed by atoms with van der Waals surface area (Å²) >= 11 is 0. The predicted octanol–water partition coefficient (Wildman–Crippen LogP) is -0.159. The van der Waals surface area contributed by atoms with Crippen molar-refractivity contribution in [1.82, 2.24) is 10.2 Å². The van der Waals surface area contributed by atoms with Crippen LogP contribution < -0.4 is 5.32 Å². The number of ether oxygens (including phenoxy) is 1. The van der Waals surface area contributed by atoms with Gasteiger partial charge in [-0.2, -0.15) is 0 Å². The number of hydrogen-bond donors (Lipinski definition) is 1. The van der Waals surface area contributed by atoms with E-state index in [-0.39, 0.29) is 25.0 Å². The SMILES string of the molecule is COC(=O)C1CN2CC(F)(F)CC2CN1. The van der Waals surface area contributed by atoms with Crippen molar-refractivity contribution in [3.63, 3.8) is 0 Å². The second-order valence-corrected chi connectivity index (χ2v) is 4.13. The number of alkyl halides is 2. The molecular weight excluding hydrogens is 206 g/mol. The summed E-state index contributed by atoms with van der Waals surface area (Å²) < 4.78 is 30.7. The maximum atomic E-state index is 13.1. The molecule has 2 rings (SSSR count). The Hall–Kier alpha value is -0.750. The highest BCUT2D eigenvalue weighted by Gasteiger charge is 2.47. The highest BCUT2D eigenvalue weighted by atomic mass is 19.3. The largest absolute Gasteiger partial charge is 0.468 e. The van der Waals surface area contributed by atoms with Crippen LogP contribution in [-0.2, 0) is 9.53 Å². The average molecular weight is 220 g/mol. The van der Waals surface area contributed by atoms with Crippen LogP contribution >= 0.6 is 0 Å². The summed E-state index contributed by atoms with van der Waals surface area (Å²) in [5, 5.41) is 2.93. The molecule has 2 aliphatic heterocycles. The molecule has 0 saturated carbocycles. The molecule has 0 bridgehead atoms. The van der Waals surface area contributed by atoms with Crippen molar-refractivity contribution in [3.05, 3.63) is 0 Å². The van der Waals surface area contributed by atoms with Crippen LogP contribution in [0.15, 0.2) is 0 Å². The van der Waals surface area contributed by atoms with Crippen molar-refractivity contribution >= 4 is 5.97 Å². The van der Waals surface area contributed by atoms with Gasteiger partial charge in [0.1, 0.15) is 6.04 Å².